The van der Waals surface area contributed by atoms with E-state index in [1.807, 2.05) is 32.0 Å². The molecular formula is C24H26BrN3O5. The summed E-state index contributed by atoms with van der Waals surface area (Å²) in [5.74, 6) is -2.70. The maximum atomic E-state index is 12.4. The van der Waals surface area contributed by atoms with Crippen molar-refractivity contribution in [1.82, 2.24) is 10.4 Å². The van der Waals surface area contributed by atoms with E-state index in [9.17, 15) is 19.2 Å². The van der Waals surface area contributed by atoms with E-state index in [2.05, 4.69) is 26.7 Å². The largest absolute Gasteiger partial charge is 0.455 e. The van der Waals surface area contributed by atoms with Gasteiger partial charge in [0.1, 0.15) is 0 Å². The monoisotopic (exact) mass is 515 g/mol. The molecule has 0 aromatic heterocycles. The second-order valence-corrected chi connectivity index (χ2v) is 8.58. The third kappa shape index (κ3) is 6.19. The van der Waals surface area contributed by atoms with E-state index in [1.165, 1.54) is 0 Å². The molecule has 9 heteroatoms. The van der Waals surface area contributed by atoms with E-state index in [4.69, 9.17) is 4.74 Å². The Kier molecular flexibility index (Phi) is 8.21. The van der Waals surface area contributed by atoms with Crippen molar-refractivity contribution in [3.8, 4) is 0 Å². The highest BCUT2D eigenvalue weighted by Gasteiger charge is 2.36. The average Bonchev–Trinajstić information content (AvgIpc) is 3.18. The molecule has 1 aliphatic heterocycles. The lowest BCUT2D eigenvalue weighted by Gasteiger charge is -2.18. The van der Waals surface area contributed by atoms with E-state index in [1.54, 1.807) is 24.3 Å². The highest BCUT2D eigenvalue weighted by Crippen LogP contribution is 2.23. The molecule has 1 atom stereocenters. The van der Waals surface area contributed by atoms with Crippen LogP contribution in [-0.2, 0) is 32.0 Å². The molecule has 0 unspecified atom stereocenters. The van der Waals surface area contributed by atoms with Crippen molar-refractivity contribution < 1.29 is 23.9 Å². The summed E-state index contributed by atoms with van der Waals surface area (Å²) >= 11 is 3.30. The van der Waals surface area contributed by atoms with Crippen LogP contribution in [0.1, 0.15) is 41.8 Å². The van der Waals surface area contributed by atoms with Crippen molar-refractivity contribution in [1.29, 1.82) is 0 Å². The number of benzene rings is 2. The van der Waals surface area contributed by atoms with E-state index in [-0.39, 0.29) is 13.0 Å². The van der Waals surface area contributed by atoms with Crippen molar-refractivity contribution in [2.24, 2.45) is 5.92 Å². The Hall–Kier alpha value is -3.20. The standard InChI is InChI=1S/C24H26BrN3O5/c1-3-15-6-5-7-16(4-2)22(15)26-20(29)14-33-24(32)18-12-21(30)28(13-18)27-23(31)17-8-10-19(25)11-9-17/h5-11,18H,3-4,12-14H2,1-2H3,(H,26,29)(H,27,31)/t18-/m1/s1. The number of para-hydroxylation sites is 1. The van der Waals surface area contributed by atoms with Crippen molar-refractivity contribution in [3.05, 3.63) is 63.6 Å². The van der Waals surface area contributed by atoms with Crippen LogP contribution in [0.3, 0.4) is 0 Å². The fraction of sp³-hybridized carbons (Fsp3) is 0.333. The van der Waals surface area contributed by atoms with Gasteiger partial charge in [0.25, 0.3) is 11.8 Å². The molecule has 0 saturated carbocycles. The number of aryl methyl sites for hydroxylation is 2. The van der Waals surface area contributed by atoms with Gasteiger partial charge in [-0.2, -0.15) is 0 Å². The summed E-state index contributed by atoms with van der Waals surface area (Å²) in [5, 5.41) is 3.95. The zero-order valence-corrected chi connectivity index (χ0v) is 20.1. The molecule has 1 aliphatic rings. The van der Waals surface area contributed by atoms with Gasteiger partial charge in [-0.15, -0.1) is 0 Å². The summed E-state index contributed by atoms with van der Waals surface area (Å²) in [4.78, 5) is 49.4. The number of nitrogens with zero attached hydrogens (tertiary/aromatic N) is 1. The maximum Gasteiger partial charge on any atom is 0.311 e. The van der Waals surface area contributed by atoms with Crippen LogP contribution in [-0.4, -0.2) is 41.9 Å². The van der Waals surface area contributed by atoms with E-state index in [0.717, 1.165) is 39.1 Å². The molecule has 3 amide bonds. The third-order valence-electron chi connectivity index (χ3n) is 5.41. The molecule has 2 aromatic rings. The van der Waals surface area contributed by atoms with Gasteiger partial charge in [0.15, 0.2) is 6.61 Å². The van der Waals surface area contributed by atoms with Gasteiger partial charge in [0.05, 0.1) is 12.5 Å². The minimum absolute atomic E-state index is 0.0137. The van der Waals surface area contributed by atoms with Gasteiger partial charge in [-0.3, -0.25) is 29.6 Å². The number of hydrogen-bond acceptors (Lipinski definition) is 5. The summed E-state index contributed by atoms with van der Waals surface area (Å²) in [6, 6.07) is 12.5. The first-order chi connectivity index (χ1) is 15.8. The smallest absolute Gasteiger partial charge is 0.311 e. The molecule has 8 nitrogen and oxygen atoms in total. The van der Waals surface area contributed by atoms with Crippen molar-refractivity contribution >= 4 is 45.3 Å². The van der Waals surface area contributed by atoms with Gasteiger partial charge >= 0.3 is 5.97 Å². The van der Waals surface area contributed by atoms with Crippen LogP contribution in [0.15, 0.2) is 46.9 Å². The second-order valence-electron chi connectivity index (χ2n) is 7.67. The molecule has 0 radical (unpaired) electrons. The van der Waals surface area contributed by atoms with E-state index < -0.39 is 36.2 Å². The van der Waals surface area contributed by atoms with Gasteiger partial charge in [-0.1, -0.05) is 48.0 Å². The first-order valence-corrected chi connectivity index (χ1v) is 11.6. The Morgan fingerprint density at radius 1 is 1.06 bits per heavy atom. The molecule has 0 aliphatic carbocycles. The van der Waals surface area contributed by atoms with Gasteiger partial charge in [0, 0.05) is 22.1 Å². The Balaban J connectivity index is 1.52. The highest BCUT2D eigenvalue weighted by atomic mass is 79.9. The molecule has 2 aromatic carbocycles. The molecule has 3 rings (SSSR count). The Labute approximate surface area is 200 Å². The van der Waals surface area contributed by atoms with Gasteiger partial charge in [-0.05, 0) is 48.2 Å². The molecule has 1 saturated heterocycles. The van der Waals surface area contributed by atoms with E-state index >= 15 is 0 Å². The van der Waals surface area contributed by atoms with Crippen LogP contribution in [0, 0.1) is 5.92 Å². The van der Waals surface area contributed by atoms with Crippen molar-refractivity contribution in [3.63, 3.8) is 0 Å². The normalized spacial score (nSPS) is 15.3. The van der Waals surface area contributed by atoms with Crippen LogP contribution in [0.4, 0.5) is 5.69 Å². The lowest BCUT2D eigenvalue weighted by atomic mass is 10.0. The number of ether oxygens (including phenoxy) is 1. The fourth-order valence-corrected chi connectivity index (χ4v) is 3.86. The second kappa shape index (κ2) is 11.1. The summed E-state index contributed by atoms with van der Waals surface area (Å²) < 4.78 is 5.98. The Bertz CT molecular complexity index is 1030. The van der Waals surface area contributed by atoms with Gasteiger partial charge in [-0.25, -0.2) is 0 Å². The maximum absolute atomic E-state index is 12.4. The fourth-order valence-electron chi connectivity index (χ4n) is 3.60. The zero-order chi connectivity index (χ0) is 24.0. The van der Waals surface area contributed by atoms with Crippen LogP contribution in [0.5, 0.6) is 0 Å². The number of carbonyl (C=O) groups excluding carboxylic acids is 4. The number of hydrogen-bond donors (Lipinski definition) is 2. The molecule has 0 spiro atoms. The first-order valence-electron chi connectivity index (χ1n) is 10.8. The summed E-state index contributed by atoms with van der Waals surface area (Å²) in [5.41, 5.74) is 5.66. The molecule has 1 heterocycles. The molecule has 174 valence electrons. The summed E-state index contributed by atoms with van der Waals surface area (Å²) in [6.07, 6.45) is 1.42. The number of amides is 3. The van der Waals surface area contributed by atoms with Gasteiger partial charge < -0.3 is 10.1 Å². The van der Waals surface area contributed by atoms with Crippen LogP contribution in [0.2, 0.25) is 0 Å². The third-order valence-corrected chi connectivity index (χ3v) is 5.94. The molecular weight excluding hydrogens is 490 g/mol. The SMILES string of the molecule is CCc1cccc(CC)c1NC(=O)COC(=O)[C@@H]1CC(=O)N(NC(=O)c2ccc(Br)cc2)C1. The average molecular weight is 516 g/mol. The number of halogens is 1. The lowest BCUT2D eigenvalue weighted by Crippen LogP contribution is -2.43. The quantitative estimate of drug-likeness (QED) is 0.525. The number of anilines is 1. The number of nitrogens with one attached hydrogen (secondary N) is 2. The molecule has 2 N–H and O–H groups in total. The summed E-state index contributed by atoms with van der Waals surface area (Å²) in [6.45, 7) is 3.54. The first kappa shape index (κ1) is 24.4. The van der Waals surface area contributed by atoms with Crippen LogP contribution >= 0.6 is 15.9 Å². The Morgan fingerprint density at radius 3 is 2.30 bits per heavy atom. The Morgan fingerprint density at radius 2 is 1.70 bits per heavy atom. The number of rotatable bonds is 8. The highest BCUT2D eigenvalue weighted by molar-refractivity contribution is 9.10. The van der Waals surface area contributed by atoms with Crippen LogP contribution in [0.25, 0.3) is 0 Å². The predicted molar refractivity (Wildman–Crippen MR) is 126 cm³/mol. The molecule has 0 bridgehead atoms. The van der Waals surface area contributed by atoms with Crippen molar-refractivity contribution in [2.45, 2.75) is 33.1 Å². The minimum Gasteiger partial charge on any atom is -0.455 e. The number of hydrazine groups is 1. The topological polar surface area (TPSA) is 105 Å². The summed E-state index contributed by atoms with van der Waals surface area (Å²) in [7, 11) is 0. The number of carbonyl (C=O) groups is 4. The number of esters is 1. The van der Waals surface area contributed by atoms with Crippen LogP contribution < -0.4 is 10.7 Å². The zero-order valence-electron chi connectivity index (χ0n) is 18.5. The molecule has 33 heavy (non-hydrogen) atoms. The lowest BCUT2D eigenvalue weighted by molar-refractivity contribution is -0.151. The predicted octanol–water partition coefficient (Wildman–Crippen LogP) is 3.25. The molecule has 1 fully saturated rings. The van der Waals surface area contributed by atoms with E-state index in [0.29, 0.717) is 5.56 Å². The minimum atomic E-state index is -0.760. The van der Waals surface area contributed by atoms with Gasteiger partial charge in [0.2, 0.25) is 5.91 Å². The van der Waals surface area contributed by atoms with Crippen molar-refractivity contribution in [2.75, 3.05) is 18.5 Å².